The predicted molar refractivity (Wildman–Crippen MR) is 99.4 cm³/mol. The third-order valence-electron chi connectivity index (χ3n) is 4.21. The van der Waals surface area contributed by atoms with Gasteiger partial charge in [-0.3, -0.25) is 9.59 Å². The first-order valence-corrected chi connectivity index (χ1v) is 9.16. The molecule has 1 amide bonds. The Bertz CT molecular complexity index is 781. The van der Waals surface area contributed by atoms with E-state index >= 15 is 0 Å². The highest BCUT2D eigenvalue weighted by molar-refractivity contribution is 9.10. The molecule has 0 spiro atoms. The highest BCUT2D eigenvalue weighted by atomic mass is 79.9. The SMILES string of the molecule is O=C(OCc1ccc(Cl)cc1Br)C1CCN(C(=O)c2ccccc2)C1. The molecule has 0 saturated carbocycles. The van der Waals surface area contributed by atoms with Crippen molar-refractivity contribution in [3.05, 3.63) is 69.2 Å². The lowest BCUT2D eigenvalue weighted by atomic mass is 10.1. The van der Waals surface area contributed by atoms with Crippen LogP contribution in [0, 0.1) is 5.92 Å². The number of amides is 1. The lowest BCUT2D eigenvalue weighted by molar-refractivity contribution is -0.149. The summed E-state index contributed by atoms with van der Waals surface area (Å²) >= 11 is 9.31. The average Bonchev–Trinajstić information content (AvgIpc) is 3.11. The van der Waals surface area contributed by atoms with Crippen LogP contribution >= 0.6 is 27.5 Å². The van der Waals surface area contributed by atoms with Crippen LogP contribution < -0.4 is 0 Å². The number of halogens is 2. The molecule has 1 fully saturated rings. The number of carbonyl (C=O) groups is 2. The number of likely N-dealkylation sites (tertiary alicyclic amines) is 1. The highest BCUT2D eigenvalue weighted by Crippen LogP contribution is 2.24. The molecule has 0 aromatic heterocycles. The molecule has 130 valence electrons. The van der Waals surface area contributed by atoms with Crippen LogP contribution in [-0.4, -0.2) is 29.9 Å². The molecule has 6 heteroatoms. The number of carbonyl (C=O) groups excluding carboxylic acids is 2. The van der Waals surface area contributed by atoms with Gasteiger partial charge in [-0.25, -0.2) is 0 Å². The first kappa shape index (κ1) is 18.0. The molecule has 2 aromatic carbocycles. The molecule has 1 unspecified atom stereocenters. The minimum atomic E-state index is -0.279. The second-order valence-corrected chi connectivity index (χ2v) is 7.24. The Morgan fingerprint density at radius 2 is 1.96 bits per heavy atom. The number of rotatable bonds is 4. The van der Waals surface area contributed by atoms with Crippen LogP contribution in [0.3, 0.4) is 0 Å². The van der Waals surface area contributed by atoms with Gasteiger partial charge in [0, 0.05) is 33.7 Å². The van der Waals surface area contributed by atoms with Gasteiger partial charge >= 0.3 is 5.97 Å². The average molecular weight is 423 g/mol. The van der Waals surface area contributed by atoms with Crippen molar-refractivity contribution in [2.75, 3.05) is 13.1 Å². The lowest BCUT2D eigenvalue weighted by Crippen LogP contribution is -2.30. The number of hydrogen-bond donors (Lipinski definition) is 0. The van der Waals surface area contributed by atoms with E-state index in [0.717, 1.165) is 10.0 Å². The summed E-state index contributed by atoms with van der Waals surface area (Å²) in [6, 6.07) is 14.4. The van der Waals surface area contributed by atoms with E-state index in [-0.39, 0.29) is 24.4 Å². The third kappa shape index (κ3) is 4.41. The molecule has 2 aromatic rings. The van der Waals surface area contributed by atoms with Gasteiger partial charge in [-0.2, -0.15) is 0 Å². The summed E-state index contributed by atoms with van der Waals surface area (Å²) in [6.07, 6.45) is 0.624. The fourth-order valence-electron chi connectivity index (χ4n) is 2.81. The summed E-state index contributed by atoms with van der Waals surface area (Å²) in [5.41, 5.74) is 1.49. The maximum absolute atomic E-state index is 12.4. The number of benzene rings is 2. The highest BCUT2D eigenvalue weighted by Gasteiger charge is 2.32. The molecule has 1 aliphatic heterocycles. The molecule has 25 heavy (non-hydrogen) atoms. The Labute approximate surface area is 159 Å². The van der Waals surface area contributed by atoms with Crippen molar-refractivity contribution in [1.29, 1.82) is 0 Å². The van der Waals surface area contributed by atoms with Crippen LogP contribution in [0.5, 0.6) is 0 Å². The molecular formula is C19H17BrClNO3. The van der Waals surface area contributed by atoms with E-state index < -0.39 is 0 Å². The second-order valence-electron chi connectivity index (χ2n) is 5.95. The van der Waals surface area contributed by atoms with Crippen LogP contribution in [0.25, 0.3) is 0 Å². The number of ether oxygens (including phenoxy) is 1. The molecule has 1 saturated heterocycles. The van der Waals surface area contributed by atoms with Crippen molar-refractivity contribution in [2.45, 2.75) is 13.0 Å². The summed E-state index contributed by atoms with van der Waals surface area (Å²) in [5.74, 6) is -0.597. The summed E-state index contributed by atoms with van der Waals surface area (Å²) in [4.78, 5) is 26.4. The molecule has 4 nitrogen and oxygen atoms in total. The minimum absolute atomic E-state index is 0.0451. The maximum Gasteiger partial charge on any atom is 0.311 e. The standard InChI is InChI=1S/C19H17BrClNO3/c20-17-10-16(21)7-6-15(17)12-25-19(24)14-8-9-22(11-14)18(23)13-4-2-1-3-5-13/h1-7,10,14H,8-9,11-12H2. The van der Waals surface area contributed by atoms with E-state index in [1.807, 2.05) is 24.3 Å². The Morgan fingerprint density at radius 3 is 2.68 bits per heavy atom. The van der Waals surface area contributed by atoms with Gasteiger partial charge in [0.1, 0.15) is 6.61 Å². The Morgan fingerprint density at radius 1 is 1.20 bits per heavy atom. The van der Waals surface area contributed by atoms with Crippen molar-refractivity contribution in [2.24, 2.45) is 5.92 Å². The van der Waals surface area contributed by atoms with Crippen molar-refractivity contribution in [3.8, 4) is 0 Å². The summed E-state index contributed by atoms with van der Waals surface area (Å²) in [5, 5.41) is 0.618. The molecule has 1 heterocycles. The zero-order valence-electron chi connectivity index (χ0n) is 13.5. The van der Waals surface area contributed by atoms with Crippen LogP contribution in [0.15, 0.2) is 53.0 Å². The fraction of sp³-hybridized carbons (Fsp3) is 0.263. The van der Waals surface area contributed by atoms with E-state index in [4.69, 9.17) is 16.3 Å². The largest absolute Gasteiger partial charge is 0.461 e. The first-order chi connectivity index (χ1) is 12.0. The van der Waals surface area contributed by atoms with Crippen molar-refractivity contribution < 1.29 is 14.3 Å². The van der Waals surface area contributed by atoms with Crippen molar-refractivity contribution in [3.63, 3.8) is 0 Å². The Balaban J connectivity index is 1.55. The van der Waals surface area contributed by atoms with Crippen LogP contribution in [0.1, 0.15) is 22.3 Å². The molecule has 1 atom stereocenters. The monoisotopic (exact) mass is 421 g/mol. The molecule has 0 bridgehead atoms. The smallest absolute Gasteiger partial charge is 0.311 e. The van der Waals surface area contributed by atoms with Gasteiger partial charge in [0.25, 0.3) is 5.91 Å². The van der Waals surface area contributed by atoms with Crippen LogP contribution in [0.2, 0.25) is 5.02 Å². The van der Waals surface area contributed by atoms with Gasteiger partial charge < -0.3 is 9.64 Å². The molecule has 0 radical (unpaired) electrons. The van der Waals surface area contributed by atoms with Crippen molar-refractivity contribution >= 4 is 39.4 Å². The van der Waals surface area contributed by atoms with Gasteiger partial charge in [-0.15, -0.1) is 0 Å². The summed E-state index contributed by atoms with van der Waals surface area (Å²) < 4.78 is 6.22. The van der Waals surface area contributed by atoms with E-state index in [0.29, 0.717) is 30.1 Å². The second kappa shape index (κ2) is 8.02. The van der Waals surface area contributed by atoms with Gasteiger partial charge in [-0.1, -0.05) is 51.8 Å². The van der Waals surface area contributed by atoms with Gasteiger partial charge in [0.2, 0.25) is 0 Å². The van der Waals surface area contributed by atoms with E-state index in [9.17, 15) is 9.59 Å². The minimum Gasteiger partial charge on any atom is -0.461 e. The van der Waals surface area contributed by atoms with Gasteiger partial charge in [0.05, 0.1) is 5.92 Å². The predicted octanol–water partition coefficient (Wildman–Crippen LogP) is 4.31. The first-order valence-electron chi connectivity index (χ1n) is 7.99. The van der Waals surface area contributed by atoms with Crippen LogP contribution in [0.4, 0.5) is 0 Å². The normalized spacial score (nSPS) is 16.7. The zero-order chi connectivity index (χ0) is 17.8. The van der Waals surface area contributed by atoms with E-state index in [2.05, 4.69) is 15.9 Å². The number of nitrogens with zero attached hydrogens (tertiary/aromatic N) is 1. The number of esters is 1. The van der Waals surface area contributed by atoms with Crippen molar-refractivity contribution in [1.82, 2.24) is 4.90 Å². The van der Waals surface area contributed by atoms with E-state index in [1.165, 1.54) is 0 Å². The maximum atomic E-state index is 12.4. The zero-order valence-corrected chi connectivity index (χ0v) is 15.8. The van der Waals surface area contributed by atoms with Gasteiger partial charge in [-0.05, 0) is 30.7 Å². The van der Waals surface area contributed by atoms with Gasteiger partial charge in [0.15, 0.2) is 0 Å². The third-order valence-corrected chi connectivity index (χ3v) is 5.19. The molecule has 0 aliphatic carbocycles. The molecule has 3 rings (SSSR count). The summed E-state index contributed by atoms with van der Waals surface area (Å²) in [7, 11) is 0. The molecular weight excluding hydrogens is 406 g/mol. The lowest BCUT2D eigenvalue weighted by Gasteiger charge is -2.16. The Kier molecular flexibility index (Phi) is 5.76. The van der Waals surface area contributed by atoms with E-state index in [1.54, 1.807) is 29.2 Å². The summed E-state index contributed by atoms with van der Waals surface area (Å²) in [6.45, 7) is 1.15. The van der Waals surface area contributed by atoms with Crippen LogP contribution in [-0.2, 0) is 16.1 Å². The quantitative estimate of drug-likeness (QED) is 0.690. The topological polar surface area (TPSA) is 46.6 Å². The molecule has 0 N–H and O–H groups in total. The fourth-order valence-corrected chi connectivity index (χ4v) is 3.60. The molecule has 1 aliphatic rings. The Hall–Kier alpha value is -1.85. The number of hydrogen-bond acceptors (Lipinski definition) is 3.